The fourth-order valence-corrected chi connectivity index (χ4v) is 1.96. The molecule has 2 nitrogen and oxygen atoms in total. The van der Waals surface area contributed by atoms with Crippen molar-refractivity contribution in [2.75, 3.05) is 0 Å². The molecule has 1 aromatic carbocycles. The second-order valence-corrected chi connectivity index (χ2v) is 3.82. The molecule has 0 radical (unpaired) electrons. The van der Waals surface area contributed by atoms with Crippen LogP contribution in [0.1, 0.15) is 18.5 Å². The van der Waals surface area contributed by atoms with Crippen LogP contribution in [0.2, 0.25) is 0 Å². The van der Waals surface area contributed by atoms with Crippen LogP contribution in [0.15, 0.2) is 28.7 Å². The van der Waals surface area contributed by atoms with E-state index >= 15 is 0 Å². The Kier molecular flexibility index (Phi) is 2.10. The average Bonchev–Trinajstić information content (AvgIpc) is 2.63. The third-order valence-corrected chi connectivity index (χ3v) is 2.90. The van der Waals surface area contributed by atoms with Gasteiger partial charge in [-0.25, -0.2) is 4.98 Å². The normalized spacial score (nSPS) is 13.0. The predicted octanol–water partition coefficient (Wildman–Crippen LogP) is 3.06. The number of rotatable bonds is 2. The van der Waals surface area contributed by atoms with E-state index in [1.165, 1.54) is 10.3 Å². The first-order valence-electron chi connectivity index (χ1n) is 4.10. The lowest BCUT2D eigenvalue weighted by atomic mass is 10.1. The molecule has 0 aliphatic carbocycles. The van der Waals surface area contributed by atoms with Gasteiger partial charge in [-0.3, -0.25) is 4.99 Å². The van der Waals surface area contributed by atoms with Gasteiger partial charge in [0.05, 0.1) is 21.8 Å². The topological polar surface area (TPSA) is 25.2 Å². The molecule has 0 spiro atoms. The molecule has 0 saturated carbocycles. The summed E-state index contributed by atoms with van der Waals surface area (Å²) in [6.45, 7) is 5.58. The highest BCUT2D eigenvalue weighted by Crippen LogP contribution is 2.23. The van der Waals surface area contributed by atoms with Gasteiger partial charge in [0, 0.05) is 0 Å². The fraction of sp³-hybridized carbons (Fsp3) is 0.200. The molecule has 66 valence electrons. The van der Waals surface area contributed by atoms with Crippen LogP contribution < -0.4 is 0 Å². The van der Waals surface area contributed by atoms with Crippen LogP contribution in [-0.2, 0) is 0 Å². The Morgan fingerprint density at radius 3 is 3.15 bits per heavy atom. The van der Waals surface area contributed by atoms with E-state index in [1.807, 2.05) is 18.5 Å². The lowest BCUT2D eigenvalue weighted by Gasteiger charge is -2.04. The Balaban J connectivity index is 2.53. The summed E-state index contributed by atoms with van der Waals surface area (Å²) in [5.41, 5.74) is 4.12. The summed E-state index contributed by atoms with van der Waals surface area (Å²) in [4.78, 5) is 8.20. The maximum atomic E-state index is 4.22. The maximum Gasteiger partial charge on any atom is 0.0812 e. The number of hydrogen-bond donors (Lipinski definition) is 0. The molecule has 2 rings (SSSR count). The first-order chi connectivity index (χ1) is 6.31. The molecule has 1 aromatic heterocycles. The van der Waals surface area contributed by atoms with Crippen molar-refractivity contribution >= 4 is 28.3 Å². The van der Waals surface area contributed by atoms with E-state index in [-0.39, 0.29) is 6.04 Å². The number of hydrogen-bond acceptors (Lipinski definition) is 3. The van der Waals surface area contributed by atoms with E-state index in [2.05, 4.69) is 28.8 Å². The molecule has 0 N–H and O–H groups in total. The van der Waals surface area contributed by atoms with E-state index in [0.29, 0.717) is 0 Å². The highest BCUT2D eigenvalue weighted by molar-refractivity contribution is 7.16. The van der Waals surface area contributed by atoms with Gasteiger partial charge in [0.2, 0.25) is 0 Å². The summed E-state index contributed by atoms with van der Waals surface area (Å²) in [6.07, 6.45) is 0. The minimum atomic E-state index is 0.173. The van der Waals surface area contributed by atoms with Crippen LogP contribution in [0.25, 0.3) is 10.2 Å². The van der Waals surface area contributed by atoms with Crippen molar-refractivity contribution in [1.29, 1.82) is 0 Å². The predicted molar refractivity (Wildman–Crippen MR) is 57.6 cm³/mol. The van der Waals surface area contributed by atoms with Crippen molar-refractivity contribution < 1.29 is 0 Å². The standard InChI is InChI=1S/C10H10N2S/c1-7(11-2)8-3-4-9-10(5-8)13-6-12-9/h3-7H,2H2,1H3. The summed E-state index contributed by atoms with van der Waals surface area (Å²) in [5.74, 6) is 0. The average molecular weight is 190 g/mol. The van der Waals surface area contributed by atoms with Gasteiger partial charge in [0.1, 0.15) is 0 Å². The Morgan fingerprint density at radius 1 is 1.54 bits per heavy atom. The van der Waals surface area contributed by atoms with Crippen LogP contribution in [0.5, 0.6) is 0 Å². The van der Waals surface area contributed by atoms with Gasteiger partial charge in [-0.1, -0.05) is 6.07 Å². The molecule has 1 heterocycles. The van der Waals surface area contributed by atoms with Crippen molar-refractivity contribution in [2.45, 2.75) is 13.0 Å². The second kappa shape index (κ2) is 3.26. The molecule has 3 heteroatoms. The lowest BCUT2D eigenvalue weighted by molar-refractivity contribution is 0.830. The van der Waals surface area contributed by atoms with E-state index in [4.69, 9.17) is 0 Å². The highest BCUT2D eigenvalue weighted by atomic mass is 32.1. The zero-order valence-corrected chi connectivity index (χ0v) is 8.21. The highest BCUT2D eigenvalue weighted by Gasteiger charge is 2.03. The van der Waals surface area contributed by atoms with Crippen LogP contribution in [0.3, 0.4) is 0 Å². The zero-order valence-electron chi connectivity index (χ0n) is 7.40. The van der Waals surface area contributed by atoms with Crippen molar-refractivity contribution in [3.63, 3.8) is 0 Å². The lowest BCUT2D eigenvalue weighted by Crippen LogP contribution is -1.87. The Morgan fingerprint density at radius 2 is 2.38 bits per heavy atom. The van der Waals surface area contributed by atoms with Crippen molar-refractivity contribution in [3.05, 3.63) is 29.3 Å². The number of fused-ring (bicyclic) bond motifs is 1. The monoisotopic (exact) mass is 190 g/mol. The van der Waals surface area contributed by atoms with Gasteiger partial charge in [-0.2, -0.15) is 0 Å². The first kappa shape index (κ1) is 8.38. The largest absolute Gasteiger partial charge is 0.293 e. The Labute approximate surface area is 81.0 Å². The number of benzene rings is 1. The fourth-order valence-electron chi connectivity index (χ4n) is 1.24. The summed E-state index contributed by atoms with van der Waals surface area (Å²) in [7, 11) is 0. The molecule has 0 aliphatic heterocycles. The molecule has 0 amide bonds. The summed E-state index contributed by atoms with van der Waals surface area (Å²) in [6, 6.07) is 6.39. The molecule has 1 atom stereocenters. The van der Waals surface area contributed by atoms with E-state index in [1.54, 1.807) is 11.3 Å². The molecule has 0 bridgehead atoms. The van der Waals surface area contributed by atoms with E-state index in [9.17, 15) is 0 Å². The number of thiazole rings is 1. The Hall–Kier alpha value is -1.22. The molecule has 2 aromatic rings. The van der Waals surface area contributed by atoms with Crippen molar-refractivity contribution in [2.24, 2.45) is 4.99 Å². The van der Waals surface area contributed by atoms with Gasteiger partial charge < -0.3 is 0 Å². The SMILES string of the molecule is C=NC(C)c1ccc2ncsc2c1. The summed E-state index contributed by atoms with van der Waals surface area (Å²) < 4.78 is 1.22. The van der Waals surface area contributed by atoms with Gasteiger partial charge in [-0.05, 0) is 31.3 Å². The minimum absolute atomic E-state index is 0.173. The van der Waals surface area contributed by atoms with Crippen LogP contribution in [0, 0.1) is 0 Å². The van der Waals surface area contributed by atoms with Gasteiger partial charge in [0.15, 0.2) is 0 Å². The van der Waals surface area contributed by atoms with Gasteiger partial charge in [0.25, 0.3) is 0 Å². The molecule has 0 fully saturated rings. The quantitative estimate of drug-likeness (QED) is 0.668. The van der Waals surface area contributed by atoms with E-state index in [0.717, 1.165) is 5.52 Å². The third kappa shape index (κ3) is 1.47. The summed E-state index contributed by atoms with van der Waals surface area (Å²) >= 11 is 1.66. The molecule has 1 unspecified atom stereocenters. The number of aliphatic imine (C=N–C) groups is 1. The molecule has 13 heavy (non-hydrogen) atoms. The third-order valence-electron chi connectivity index (χ3n) is 2.11. The number of aromatic nitrogens is 1. The van der Waals surface area contributed by atoms with Gasteiger partial charge >= 0.3 is 0 Å². The number of nitrogens with zero attached hydrogens (tertiary/aromatic N) is 2. The maximum absolute atomic E-state index is 4.22. The van der Waals surface area contributed by atoms with Crippen LogP contribution in [-0.4, -0.2) is 11.7 Å². The molecular weight excluding hydrogens is 180 g/mol. The van der Waals surface area contributed by atoms with Crippen molar-refractivity contribution in [1.82, 2.24) is 4.98 Å². The molecular formula is C10H10N2S. The molecule has 0 aliphatic rings. The van der Waals surface area contributed by atoms with Crippen LogP contribution >= 0.6 is 11.3 Å². The Bertz CT molecular complexity index is 433. The summed E-state index contributed by atoms with van der Waals surface area (Å²) in [5, 5.41) is 0. The van der Waals surface area contributed by atoms with Gasteiger partial charge in [-0.15, -0.1) is 11.3 Å². The second-order valence-electron chi connectivity index (χ2n) is 2.94. The van der Waals surface area contributed by atoms with Crippen LogP contribution in [0.4, 0.5) is 0 Å². The van der Waals surface area contributed by atoms with Crippen molar-refractivity contribution in [3.8, 4) is 0 Å². The molecule has 0 saturated heterocycles. The van der Waals surface area contributed by atoms with E-state index < -0.39 is 0 Å². The first-order valence-corrected chi connectivity index (χ1v) is 4.98. The smallest absolute Gasteiger partial charge is 0.0812 e. The minimum Gasteiger partial charge on any atom is -0.293 e. The zero-order chi connectivity index (χ0) is 9.26.